The summed E-state index contributed by atoms with van der Waals surface area (Å²) >= 11 is 0. The van der Waals surface area contributed by atoms with E-state index in [4.69, 9.17) is 18.9 Å². The molecule has 0 bridgehead atoms. The minimum Gasteiger partial charge on any atom is -0.480 e. The molecule has 0 aliphatic carbocycles. The van der Waals surface area contributed by atoms with Crippen molar-refractivity contribution in [2.24, 2.45) is 0 Å². The first-order valence-electron chi connectivity index (χ1n) is 19.0. The number of halogens is 5. The van der Waals surface area contributed by atoms with Crippen LogP contribution in [0.5, 0.6) is 0 Å². The Labute approximate surface area is 348 Å². The fourth-order valence-electron chi connectivity index (χ4n) is 4.55. The van der Waals surface area contributed by atoms with Crippen molar-refractivity contribution in [2.45, 2.75) is 168 Å². The number of aliphatic carboxylic acids is 1. The van der Waals surface area contributed by atoms with Crippen molar-refractivity contribution in [3.63, 3.8) is 0 Å². The van der Waals surface area contributed by atoms with Crippen molar-refractivity contribution in [3.05, 3.63) is 11.5 Å². The number of carbonyl (C=O) groups is 7. The number of carboxylic acid groups (broad SMARTS) is 1. The summed E-state index contributed by atoms with van der Waals surface area (Å²) in [5.74, 6) is -5.89. The summed E-state index contributed by atoms with van der Waals surface area (Å²) in [6, 6.07) is -6.99. The Morgan fingerprint density at radius 2 is 1.05 bits per heavy atom. The van der Waals surface area contributed by atoms with Crippen LogP contribution in [-0.2, 0) is 42.9 Å². The van der Waals surface area contributed by atoms with Gasteiger partial charge >= 0.3 is 34.3 Å². The Bertz CT molecular complexity index is 1560. The molecule has 17 nitrogen and oxygen atoms in total. The fourth-order valence-corrected chi connectivity index (χ4v) is 5.02. The van der Waals surface area contributed by atoms with Gasteiger partial charge < -0.3 is 50.6 Å². The molecule has 0 aliphatic heterocycles. The third-order valence-electron chi connectivity index (χ3n) is 6.94. The van der Waals surface area contributed by atoms with Gasteiger partial charge in [-0.25, -0.2) is 14.4 Å². The molecule has 0 spiro atoms. The molecule has 4 atom stereocenters. The average molecular weight is 898 g/mol. The molecule has 60 heavy (non-hydrogen) atoms. The maximum atomic E-state index is 13.8. The second kappa shape index (κ2) is 20.9. The van der Waals surface area contributed by atoms with E-state index in [-0.39, 0.29) is 25.5 Å². The zero-order valence-electron chi connectivity index (χ0n) is 36.4. The monoisotopic (exact) mass is 897 g/mol. The maximum Gasteiger partial charge on any atom is 0.408 e. The lowest BCUT2D eigenvalue weighted by molar-refractivity contribution is -0.155. The molecule has 1 unspecified atom stereocenters. The topological polar surface area (TPSA) is 237 Å². The lowest BCUT2D eigenvalue weighted by Crippen LogP contribution is -2.59. The van der Waals surface area contributed by atoms with E-state index in [1.54, 1.807) is 62.3 Å². The van der Waals surface area contributed by atoms with E-state index in [0.717, 1.165) is 0 Å². The molecule has 350 valence electrons. The van der Waals surface area contributed by atoms with Gasteiger partial charge in [-0.3, -0.25) is 19.2 Å². The van der Waals surface area contributed by atoms with Crippen LogP contribution in [-0.4, -0.2) is 107 Å². The second-order valence-electron chi connectivity index (χ2n) is 17.8. The molecule has 0 rings (SSSR count). The Balaban J connectivity index is 6.52. The van der Waals surface area contributed by atoms with Crippen molar-refractivity contribution in [1.82, 2.24) is 26.6 Å². The Hall–Kier alpha value is -4.41. The quantitative estimate of drug-likeness (QED) is 0.0325. The first-order valence-corrected chi connectivity index (χ1v) is 21.0. The van der Waals surface area contributed by atoms with Crippen molar-refractivity contribution in [2.75, 3.05) is 13.2 Å². The number of carboxylic acids is 1. The van der Waals surface area contributed by atoms with Crippen molar-refractivity contribution >= 4 is 52.1 Å². The van der Waals surface area contributed by atoms with Crippen LogP contribution in [0.25, 0.3) is 0 Å². The van der Waals surface area contributed by atoms with E-state index in [9.17, 15) is 58.1 Å². The van der Waals surface area contributed by atoms with E-state index >= 15 is 0 Å². The SMILES string of the molecule is CC(C)(C)OC[C@H](NC(=O)[C@H](CCC(=O)OC(C)(C)C)NC(=O)C(C/C=C/S(F)(F)(F)(F)F)NC(=O)OC(C)(C)C)C(=O)N[C@@H](CCCCNC(=O)OC(C)(C)C)C(=O)O. The molecule has 0 aromatic heterocycles. The summed E-state index contributed by atoms with van der Waals surface area (Å²) in [5, 5.41) is 19.9. The number of esters is 1. The van der Waals surface area contributed by atoms with Crippen LogP contribution in [0.1, 0.15) is 122 Å². The van der Waals surface area contributed by atoms with E-state index in [1.807, 2.05) is 5.32 Å². The van der Waals surface area contributed by atoms with E-state index in [2.05, 4.69) is 21.3 Å². The predicted molar refractivity (Wildman–Crippen MR) is 212 cm³/mol. The highest BCUT2D eigenvalue weighted by Gasteiger charge is 2.60. The highest BCUT2D eigenvalue weighted by atomic mass is 32.5. The summed E-state index contributed by atoms with van der Waals surface area (Å²) in [5.41, 5.74) is -3.82. The summed E-state index contributed by atoms with van der Waals surface area (Å²) in [7, 11) is -10.1. The van der Waals surface area contributed by atoms with Gasteiger partial charge in [-0.2, -0.15) is 0 Å². The minimum atomic E-state index is -10.1. The van der Waals surface area contributed by atoms with Crippen molar-refractivity contribution in [1.29, 1.82) is 0 Å². The molecule has 0 saturated carbocycles. The normalized spacial score (nSPS) is 15.8. The summed E-state index contributed by atoms with van der Waals surface area (Å²) < 4.78 is 86.5. The molecular weight excluding hydrogens is 833 g/mol. The standard InChI is InChI=1S/C37H64F5N5O12S/c1-34(2,3)56-22-26(30(51)45-25(31(52)53)16-13-14-20-43-32(54)58-36(7,8)9)46-29(50)24(18-19-27(48)57-35(4,5)6)44-28(49)23(47-33(55)59-37(10,11)12)17-15-21-60(38,39,40,41)42/h15,21,23-26H,13-14,16-20,22H2,1-12H3,(H,43,54)(H,44,49)(H,45,51)(H,46,50)(H,47,55)(H,52,53)/b21-15+/t23?,24-,25-,26-/m0/s1. The third kappa shape index (κ3) is 29.7. The number of hydrogen-bond donors (Lipinski definition) is 6. The zero-order valence-corrected chi connectivity index (χ0v) is 37.2. The van der Waals surface area contributed by atoms with Crippen LogP contribution < -0.4 is 26.6 Å². The average Bonchev–Trinajstić information content (AvgIpc) is 2.99. The largest absolute Gasteiger partial charge is 0.480 e. The molecule has 6 N–H and O–H groups in total. The number of ether oxygens (including phenoxy) is 4. The third-order valence-corrected chi connectivity index (χ3v) is 7.65. The fraction of sp³-hybridized carbons (Fsp3) is 0.757. The number of hydrogen-bond acceptors (Lipinski definition) is 11. The van der Waals surface area contributed by atoms with Gasteiger partial charge in [0.15, 0.2) is 0 Å². The van der Waals surface area contributed by atoms with E-state index in [0.29, 0.717) is 6.42 Å². The summed E-state index contributed by atoms with van der Waals surface area (Å²) in [4.78, 5) is 90.1. The maximum absolute atomic E-state index is 13.8. The summed E-state index contributed by atoms with van der Waals surface area (Å²) in [6.07, 6.45) is -3.99. The Kier molecular flexibility index (Phi) is 19.4. The van der Waals surface area contributed by atoms with Crippen LogP contribution in [0.3, 0.4) is 0 Å². The number of amides is 5. The van der Waals surface area contributed by atoms with Gasteiger partial charge in [0.1, 0.15) is 41.0 Å². The smallest absolute Gasteiger partial charge is 0.408 e. The van der Waals surface area contributed by atoms with E-state index in [1.165, 1.54) is 20.8 Å². The van der Waals surface area contributed by atoms with Crippen LogP contribution in [0.4, 0.5) is 29.0 Å². The minimum absolute atomic E-state index is 0.0838. The number of nitrogens with one attached hydrogen (secondary N) is 5. The lowest BCUT2D eigenvalue weighted by atomic mass is 10.1. The molecule has 0 radical (unpaired) electrons. The molecule has 23 heteroatoms. The van der Waals surface area contributed by atoms with Gasteiger partial charge in [-0.15, -0.1) is 0 Å². The predicted octanol–water partition coefficient (Wildman–Crippen LogP) is 6.25. The molecule has 0 aromatic carbocycles. The highest BCUT2D eigenvalue weighted by Crippen LogP contribution is 2.99. The molecule has 0 fully saturated rings. The van der Waals surface area contributed by atoms with Gasteiger partial charge in [0.25, 0.3) is 0 Å². The second-order valence-corrected chi connectivity index (χ2v) is 20.2. The number of unbranched alkanes of at least 4 members (excludes halogenated alkanes) is 1. The summed E-state index contributed by atoms with van der Waals surface area (Å²) in [6.45, 7) is 18.4. The molecule has 0 aromatic rings. The van der Waals surface area contributed by atoms with Crippen LogP contribution in [0.2, 0.25) is 0 Å². The lowest BCUT2D eigenvalue weighted by Gasteiger charge is -2.36. The zero-order chi connectivity index (χ0) is 47.2. The first kappa shape index (κ1) is 55.6. The molecule has 5 amide bonds. The van der Waals surface area contributed by atoms with Crippen molar-refractivity contribution < 1.29 is 77.0 Å². The van der Waals surface area contributed by atoms with Gasteiger partial charge in [-0.05, 0) is 115 Å². The Morgan fingerprint density at radius 3 is 1.53 bits per heavy atom. The van der Waals surface area contributed by atoms with E-state index < -0.39 is 130 Å². The van der Waals surface area contributed by atoms with Crippen LogP contribution >= 0.6 is 10.2 Å². The van der Waals surface area contributed by atoms with Gasteiger partial charge in [-0.1, -0.05) is 25.5 Å². The number of rotatable bonds is 21. The molecule has 0 aliphatic rings. The molecule has 0 heterocycles. The Morgan fingerprint density at radius 1 is 0.583 bits per heavy atom. The highest BCUT2D eigenvalue weighted by molar-refractivity contribution is 8.48. The molecule has 0 saturated heterocycles. The molecular formula is C37H64F5N5O12S. The van der Waals surface area contributed by atoms with Gasteiger partial charge in [0.05, 0.1) is 17.6 Å². The van der Waals surface area contributed by atoms with Crippen molar-refractivity contribution in [3.8, 4) is 0 Å². The van der Waals surface area contributed by atoms with Crippen LogP contribution in [0.15, 0.2) is 11.5 Å². The van der Waals surface area contributed by atoms with Gasteiger partial charge in [0.2, 0.25) is 17.7 Å². The number of alkyl carbamates (subject to hydrolysis) is 2. The number of carbonyl (C=O) groups excluding carboxylic acids is 6. The van der Waals surface area contributed by atoms with Gasteiger partial charge in [0, 0.05) is 13.0 Å². The first-order chi connectivity index (χ1) is 26.6. The van der Waals surface area contributed by atoms with Crippen LogP contribution in [0, 0.1) is 0 Å².